The first-order chi connectivity index (χ1) is 10.8. The zero-order valence-corrected chi connectivity index (χ0v) is 14.7. The minimum atomic E-state index is -0.467. The first-order valence-electron chi connectivity index (χ1n) is 8.48. The summed E-state index contributed by atoms with van der Waals surface area (Å²) >= 11 is 0. The van der Waals surface area contributed by atoms with E-state index < -0.39 is 5.60 Å². The lowest BCUT2D eigenvalue weighted by Crippen LogP contribution is -2.51. The minimum Gasteiger partial charge on any atom is -0.508 e. The van der Waals surface area contributed by atoms with Crippen LogP contribution in [0.25, 0.3) is 0 Å². The number of rotatable bonds is 5. The number of carbonyl (C=O) groups excluding carboxylic acids is 1. The van der Waals surface area contributed by atoms with Crippen molar-refractivity contribution in [3.8, 4) is 5.75 Å². The number of ether oxygens (including phenoxy) is 1. The average Bonchev–Trinajstić information content (AvgIpc) is 2.47. The molecule has 2 rings (SSSR count). The van der Waals surface area contributed by atoms with Crippen LogP contribution in [0.3, 0.4) is 0 Å². The van der Waals surface area contributed by atoms with E-state index in [0.717, 1.165) is 37.8 Å². The highest BCUT2D eigenvalue weighted by Crippen LogP contribution is 2.48. The lowest BCUT2D eigenvalue weighted by Gasteiger charge is -2.48. The molecule has 23 heavy (non-hydrogen) atoms. The Balaban J connectivity index is 2.41. The van der Waals surface area contributed by atoms with E-state index in [0.29, 0.717) is 0 Å². The summed E-state index contributed by atoms with van der Waals surface area (Å²) in [4.78, 5) is 14.0. The normalized spacial score (nSPS) is 26.0. The average molecular weight is 319 g/mol. The SMILES string of the molecule is CC(=O)OC1(C(C)CN(C)C)CCCCC1c1ccc(O)cc1. The molecular formula is C19H29NO3. The van der Waals surface area contributed by atoms with Gasteiger partial charge in [0.1, 0.15) is 11.4 Å². The number of esters is 1. The summed E-state index contributed by atoms with van der Waals surface area (Å²) in [7, 11) is 4.10. The summed E-state index contributed by atoms with van der Waals surface area (Å²) in [6.07, 6.45) is 4.13. The van der Waals surface area contributed by atoms with E-state index in [1.165, 1.54) is 6.92 Å². The molecule has 0 spiro atoms. The molecule has 3 atom stereocenters. The Kier molecular flexibility index (Phi) is 5.69. The second kappa shape index (κ2) is 7.35. The molecule has 3 unspecified atom stereocenters. The van der Waals surface area contributed by atoms with Crippen molar-refractivity contribution in [2.24, 2.45) is 5.92 Å². The predicted octanol–water partition coefficient (Wildman–Crippen LogP) is 3.55. The molecule has 1 aromatic rings. The fraction of sp³-hybridized carbons (Fsp3) is 0.632. The van der Waals surface area contributed by atoms with Crippen LogP contribution in [-0.4, -0.2) is 42.2 Å². The molecule has 0 aromatic heterocycles. The second-order valence-electron chi connectivity index (χ2n) is 7.10. The molecule has 1 aliphatic rings. The summed E-state index contributed by atoms with van der Waals surface area (Å²) in [6, 6.07) is 7.37. The third-order valence-electron chi connectivity index (χ3n) is 5.00. The number of phenols is 1. The summed E-state index contributed by atoms with van der Waals surface area (Å²) in [5.41, 5.74) is 0.681. The van der Waals surface area contributed by atoms with Gasteiger partial charge in [-0.2, -0.15) is 0 Å². The van der Waals surface area contributed by atoms with Crippen molar-refractivity contribution >= 4 is 5.97 Å². The maximum absolute atomic E-state index is 11.9. The number of phenolic OH excluding ortho intramolecular Hbond substituents is 1. The van der Waals surface area contributed by atoms with Gasteiger partial charge < -0.3 is 14.7 Å². The molecule has 0 saturated heterocycles. The summed E-state index contributed by atoms with van der Waals surface area (Å²) in [5.74, 6) is 0.474. The van der Waals surface area contributed by atoms with Gasteiger partial charge in [-0.1, -0.05) is 25.5 Å². The Morgan fingerprint density at radius 2 is 2.00 bits per heavy atom. The van der Waals surface area contributed by atoms with Crippen LogP contribution < -0.4 is 0 Å². The summed E-state index contributed by atoms with van der Waals surface area (Å²) < 4.78 is 6.01. The van der Waals surface area contributed by atoms with E-state index in [4.69, 9.17) is 4.74 Å². The molecule has 0 radical (unpaired) electrons. The van der Waals surface area contributed by atoms with Crippen LogP contribution >= 0.6 is 0 Å². The van der Waals surface area contributed by atoms with E-state index in [2.05, 4.69) is 25.9 Å². The minimum absolute atomic E-state index is 0.177. The topological polar surface area (TPSA) is 49.8 Å². The first-order valence-corrected chi connectivity index (χ1v) is 8.48. The largest absolute Gasteiger partial charge is 0.508 e. The van der Waals surface area contributed by atoms with Crippen molar-refractivity contribution in [2.75, 3.05) is 20.6 Å². The smallest absolute Gasteiger partial charge is 0.303 e. The predicted molar refractivity (Wildman–Crippen MR) is 91.5 cm³/mol. The van der Waals surface area contributed by atoms with Gasteiger partial charge >= 0.3 is 5.97 Å². The van der Waals surface area contributed by atoms with E-state index >= 15 is 0 Å². The van der Waals surface area contributed by atoms with Crippen molar-refractivity contribution in [2.45, 2.75) is 51.0 Å². The lowest BCUT2D eigenvalue weighted by atomic mass is 9.66. The standard InChI is InChI=1S/C19H29NO3/c1-14(13-20(3)4)19(23-15(2)21)12-6-5-7-18(19)16-8-10-17(22)11-9-16/h8-11,14,18,22H,5-7,12-13H2,1-4H3. The molecule has 0 amide bonds. The number of benzene rings is 1. The van der Waals surface area contributed by atoms with Gasteiger partial charge in [-0.25, -0.2) is 0 Å². The molecule has 1 fully saturated rings. The fourth-order valence-electron chi connectivity index (χ4n) is 4.11. The van der Waals surface area contributed by atoms with Crippen LogP contribution in [-0.2, 0) is 9.53 Å². The molecule has 4 nitrogen and oxygen atoms in total. The zero-order chi connectivity index (χ0) is 17.0. The van der Waals surface area contributed by atoms with Gasteiger partial charge in [-0.15, -0.1) is 0 Å². The highest BCUT2D eigenvalue weighted by atomic mass is 16.6. The third kappa shape index (κ3) is 4.05. The Morgan fingerprint density at radius 1 is 1.35 bits per heavy atom. The molecule has 1 saturated carbocycles. The fourth-order valence-corrected chi connectivity index (χ4v) is 4.11. The number of aromatic hydroxyl groups is 1. The van der Waals surface area contributed by atoms with Crippen LogP contribution in [0.15, 0.2) is 24.3 Å². The maximum Gasteiger partial charge on any atom is 0.303 e. The van der Waals surface area contributed by atoms with Gasteiger partial charge in [0, 0.05) is 25.3 Å². The van der Waals surface area contributed by atoms with Gasteiger partial charge in [-0.05, 0) is 51.1 Å². The van der Waals surface area contributed by atoms with Crippen molar-refractivity contribution in [3.05, 3.63) is 29.8 Å². The van der Waals surface area contributed by atoms with Crippen molar-refractivity contribution in [3.63, 3.8) is 0 Å². The second-order valence-corrected chi connectivity index (χ2v) is 7.10. The van der Waals surface area contributed by atoms with Gasteiger partial charge in [0.05, 0.1) is 0 Å². The van der Waals surface area contributed by atoms with Crippen LogP contribution in [0.5, 0.6) is 5.75 Å². The van der Waals surface area contributed by atoms with Gasteiger partial charge in [0.25, 0.3) is 0 Å². The third-order valence-corrected chi connectivity index (χ3v) is 5.00. The van der Waals surface area contributed by atoms with Crippen molar-refractivity contribution in [1.82, 2.24) is 4.90 Å². The zero-order valence-electron chi connectivity index (χ0n) is 14.7. The van der Waals surface area contributed by atoms with Crippen molar-refractivity contribution < 1.29 is 14.6 Å². The van der Waals surface area contributed by atoms with Crippen LogP contribution in [0.1, 0.15) is 51.0 Å². The first kappa shape index (κ1) is 17.8. The van der Waals surface area contributed by atoms with Crippen LogP contribution in [0.2, 0.25) is 0 Å². The summed E-state index contributed by atoms with van der Waals surface area (Å²) in [5, 5.41) is 9.57. The molecule has 1 aliphatic carbocycles. The lowest BCUT2D eigenvalue weighted by molar-refractivity contribution is -0.172. The molecule has 0 heterocycles. The summed E-state index contributed by atoms with van der Waals surface area (Å²) in [6.45, 7) is 4.57. The number of nitrogens with zero attached hydrogens (tertiary/aromatic N) is 1. The maximum atomic E-state index is 11.9. The van der Waals surface area contributed by atoms with Gasteiger partial charge in [-0.3, -0.25) is 4.79 Å². The number of hydrogen-bond acceptors (Lipinski definition) is 4. The monoisotopic (exact) mass is 319 g/mol. The van der Waals surface area contributed by atoms with E-state index in [1.807, 2.05) is 12.1 Å². The molecule has 1 N–H and O–H groups in total. The molecule has 0 aliphatic heterocycles. The highest BCUT2D eigenvalue weighted by molar-refractivity contribution is 5.67. The quantitative estimate of drug-likeness (QED) is 0.843. The molecule has 0 bridgehead atoms. The number of hydrogen-bond donors (Lipinski definition) is 1. The van der Waals surface area contributed by atoms with Gasteiger partial charge in [0.2, 0.25) is 0 Å². The highest BCUT2D eigenvalue weighted by Gasteiger charge is 2.48. The Hall–Kier alpha value is -1.55. The van der Waals surface area contributed by atoms with Crippen LogP contribution in [0.4, 0.5) is 0 Å². The molecular weight excluding hydrogens is 290 g/mol. The van der Waals surface area contributed by atoms with Crippen LogP contribution in [0, 0.1) is 5.92 Å². The Labute approximate surface area is 139 Å². The Morgan fingerprint density at radius 3 is 2.57 bits per heavy atom. The molecule has 128 valence electrons. The van der Waals surface area contributed by atoms with Crippen molar-refractivity contribution in [1.29, 1.82) is 0 Å². The van der Waals surface area contributed by atoms with Gasteiger partial charge in [0.15, 0.2) is 0 Å². The molecule has 4 heteroatoms. The van der Waals surface area contributed by atoms with E-state index in [-0.39, 0.29) is 23.6 Å². The Bertz CT molecular complexity index is 526. The van der Waals surface area contributed by atoms with E-state index in [1.54, 1.807) is 12.1 Å². The van der Waals surface area contributed by atoms with E-state index in [9.17, 15) is 9.90 Å². The molecule has 1 aromatic carbocycles. The number of carbonyl (C=O) groups is 1.